The molecule has 3 rings (SSSR count). The van der Waals surface area contributed by atoms with Crippen LogP contribution in [0.2, 0.25) is 0 Å². The van der Waals surface area contributed by atoms with Gasteiger partial charge in [0.05, 0.1) is 26.1 Å². The molecule has 2 N–H and O–H groups in total. The van der Waals surface area contributed by atoms with E-state index in [1.165, 1.54) is 20.3 Å². The van der Waals surface area contributed by atoms with Crippen molar-refractivity contribution in [3.8, 4) is 11.5 Å². The van der Waals surface area contributed by atoms with Gasteiger partial charge in [-0.05, 0) is 30.3 Å². The molecule has 0 fully saturated rings. The fourth-order valence-electron chi connectivity index (χ4n) is 2.54. The number of benzene rings is 2. The number of pyridine rings is 1. The molecule has 0 spiro atoms. The van der Waals surface area contributed by atoms with Gasteiger partial charge < -0.3 is 20.1 Å². The second kappa shape index (κ2) is 8.85. The third-order valence-corrected chi connectivity index (χ3v) is 4.06. The molecule has 0 saturated carbocycles. The number of methoxy groups -OCH3 is 2. The van der Waals surface area contributed by atoms with Crippen LogP contribution in [0, 0.1) is 5.82 Å². The van der Waals surface area contributed by atoms with E-state index in [2.05, 4.69) is 15.6 Å². The molecule has 0 saturated heterocycles. The van der Waals surface area contributed by atoms with Crippen molar-refractivity contribution in [3.63, 3.8) is 0 Å². The van der Waals surface area contributed by atoms with Crippen LogP contribution < -0.4 is 20.1 Å². The highest BCUT2D eigenvalue weighted by atomic mass is 19.1. The predicted octanol–water partition coefficient (Wildman–Crippen LogP) is 4.10. The van der Waals surface area contributed by atoms with Gasteiger partial charge in [0.2, 0.25) is 0 Å². The smallest absolute Gasteiger partial charge is 0.257 e. The van der Waals surface area contributed by atoms with Crippen molar-refractivity contribution in [1.29, 1.82) is 0 Å². The zero-order valence-electron chi connectivity index (χ0n) is 15.5. The first kappa shape index (κ1) is 19.2. The SMILES string of the molecule is COc1cc(OC)cc(C(=O)Nc2ccc(NCc3ccccc3F)cn2)c1. The van der Waals surface area contributed by atoms with Gasteiger partial charge in [0.15, 0.2) is 0 Å². The van der Waals surface area contributed by atoms with Gasteiger partial charge in [0, 0.05) is 23.7 Å². The van der Waals surface area contributed by atoms with Crippen molar-refractivity contribution in [1.82, 2.24) is 4.98 Å². The van der Waals surface area contributed by atoms with Gasteiger partial charge in [-0.15, -0.1) is 0 Å². The Bertz CT molecular complexity index is 939. The second-order valence-corrected chi connectivity index (χ2v) is 5.93. The van der Waals surface area contributed by atoms with Crippen LogP contribution in [0.15, 0.2) is 60.8 Å². The highest BCUT2D eigenvalue weighted by Crippen LogP contribution is 2.23. The van der Waals surface area contributed by atoms with Crippen LogP contribution in [-0.4, -0.2) is 25.1 Å². The first-order valence-corrected chi connectivity index (χ1v) is 8.57. The van der Waals surface area contributed by atoms with Crippen molar-refractivity contribution in [3.05, 3.63) is 77.7 Å². The van der Waals surface area contributed by atoms with Gasteiger partial charge in [-0.1, -0.05) is 18.2 Å². The summed E-state index contributed by atoms with van der Waals surface area (Å²) in [6, 6.07) is 14.9. The Kier molecular flexibility index (Phi) is 6.06. The Balaban J connectivity index is 1.64. The fraction of sp³-hybridized carbons (Fsp3) is 0.143. The monoisotopic (exact) mass is 381 g/mol. The molecule has 2 aromatic carbocycles. The van der Waals surface area contributed by atoms with E-state index in [-0.39, 0.29) is 11.7 Å². The van der Waals surface area contributed by atoms with Crippen molar-refractivity contribution >= 4 is 17.4 Å². The van der Waals surface area contributed by atoms with Gasteiger partial charge in [0.1, 0.15) is 23.1 Å². The Morgan fingerprint density at radius 2 is 1.75 bits per heavy atom. The molecule has 0 atom stereocenters. The van der Waals surface area contributed by atoms with E-state index in [9.17, 15) is 9.18 Å². The lowest BCUT2D eigenvalue weighted by molar-refractivity contribution is 0.102. The lowest BCUT2D eigenvalue weighted by atomic mass is 10.2. The first-order chi connectivity index (χ1) is 13.6. The summed E-state index contributed by atoms with van der Waals surface area (Å²) in [5.74, 6) is 0.829. The van der Waals surface area contributed by atoms with Crippen LogP contribution in [0.5, 0.6) is 11.5 Å². The summed E-state index contributed by atoms with van der Waals surface area (Å²) >= 11 is 0. The Morgan fingerprint density at radius 3 is 2.36 bits per heavy atom. The van der Waals surface area contributed by atoms with Gasteiger partial charge in [-0.3, -0.25) is 4.79 Å². The van der Waals surface area contributed by atoms with Crippen LogP contribution in [0.25, 0.3) is 0 Å². The maximum Gasteiger partial charge on any atom is 0.257 e. The molecule has 0 radical (unpaired) electrons. The van der Waals surface area contributed by atoms with Crippen molar-refractivity contribution < 1.29 is 18.7 Å². The average Bonchev–Trinajstić information content (AvgIpc) is 2.73. The van der Waals surface area contributed by atoms with E-state index in [1.807, 2.05) is 0 Å². The minimum Gasteiger partial charge on any atom is -0.497 e. The number of carbonyl (C=O) groups excluding carboxylic acids is 1. The number of carbonyl (C=O) groups is 1. The van der Waals surface area contributed by atoms with E-state index < -0.39 is 0 Å². The van der Waals surface area contributed by atoms with E-state index in [4.69, 9.17) is 9.47 Å². The number of hydrogen-bond donors (Lipinski definition) is 2. The highest BCUT2D eigenvalue weighted by Gasteiger charge is 2.11. The molecule has 28 heavy (non-hydrogen) atoms. The normalized spacial score (nSPS) is 10.2. The molecule has 1 aromatic heterocycles. The van der Waals surface area contributed by atoms with Crippen molar-refractivity contribution in [2.24, 2.45) is 0 Å². The summed E-state index contributed by atoms with van der Waals surface area (Å²) in [6.45, 7) is 0.337. The number of hydrogen-bond acceptors (Lipinski definition) is 5. The predicted molar refractivity (Wildman–Crippen MR) is 105 cm³/mol. The molecule has 0 unspecified atom stereocenters. The Morgan fingerprint density at radius 1 is 1.04 bits per heavy atom. The minimum absolute atomic E-state index is 0.263. The van der Waals surface area contributed by atoms with Crippen molar-refractivity contribution in [2.75, 3.05) is 24.9 Å². The molecule has 6 nitrogen and oxygen atoms in total. The van der Waals surface area contributed by atoms with E-state index >= 15 is 0 Å². The summed E-state index contributed by atoms with van der Waals surface area (Å²) in [5, 5.41) is 5.82. The molecule has 144 valence electrons. The van der Waals surface area contributed by atoms with Gasteiger partial charge >= 0.3 is 0 Å². The molecule has 3 aromatic rings. The van der Waals surface area contributed by atoms with Gasteiger partial charge in [0.25, 0.3) is 5.91 Å². The standard InChI is InChI=1S/C21H20FN3O3/c1-27-17-9-15(10-18(11-17)28-2)21(26)25-20-8-7-16(13-24-20)23-12-14-5-3-4-6-19(14)22/h3-11,13,23H,12H2,1-2H3,(H,24,25,26). The van der Waals surface area contributed by atoms with Crippen LogP contribution >= 0.6 is 0 Å². The zero-order valence-corrected chi connectivity index (χ0v) is 15.5. The Labute approximate surface area is 162 Å². The maximum absolute atomic E-state index is 13.6. The van der Waals surface area contributed by atoms with Crippen LogP contribution in [0.3, 0.4) is 0 Å². The average molecular weight is 381 g/mol. The maximum atomic E-state index is 13.6. The minimum atomic E-state index is -0.336. The quantitative estimate of drug-likeness (QED) is 0.645. The first-order valence-electron chi connectivity index (χ1n) is 8.57. The number of aromatic nitrogens is 1. The van der Waals surface area contributed by atoms with Crippen molar-refractivity contribution in [2.45, 2.75) is 6.54 Å². The molecule has 7 heteroatoms. The zero-order chi connectivity index (χ0) is 19.9. The molecular weight excluding hydrogens is 361 g/mol. The fourth-order valence-corrected chi connectivity index (χ4v) is 2.54. The number of anilines is 2. The summed E-state index contributed by atoms with van der Waals surface area (Å²) in [5.41, 5.74) is 1.66. The summed E-state index contributed by atoms with van der Waals surface area (Å²) in [4.78, 5) is 16.7. The molecule has 0 bridgehead atoms. The largest absolute Gasteiger partial charge is 0.497 e. The third-order valence-electron chi connectivity index (χ3n) is 4.06. The number of halogens is 1. The lowest BCUT2D eigenvalue weighted by Crippen LogP contribution is -2.13. The number of nitrogens with zero attached hydrogens (tertiary/aromatic N) is 1. The molecule has 1 amide bonds. The molecule has 0 aliphatic carbocycles. The van der Waals surface area contributed by atoms with Crippen LogP contribution in [0.4, 0.5) is 15.9 Å². The van der Waals surface area contributed by atoms with Crippen LogP contribution in [0.1, 0.15) is 15.9 Å². The van der Waals surface area contributed by atoms with E-state index in [0.29, 0.717) is 40.7 Å². The second-order valence-electron chi connectivity index (χ2n) is 5.93. The molecular formula is C21H20FN3O3. The van der Waals surface area contributed by atoms with Crippen LogP contribution in [-0.2, 0) is 6.54 Å². The number of nitrogens with one attached hydrogen (secondary N) is 2. The number of ether oxygens (including phenoxy) is 2. The van der Waals surface area contributed by atoms with Gasteiger partial charge in [-0.2, -0.15) is 0 Å². The Hall–Kier alpha value is -3.61. The lowest BCUT2D eigenvalue weighted by Gasteiger charge is -2.10. The summed E-state index contributed by atoms with van der Waals surface area (Å²) in [7, 11) is 3.04. The third kappa shape index (κ3) is 4.76. The number of amides is 1. The number of rotatable bonds is 7. The molecule has 0 aliphatic heterocycles. The topological polar surface area (TPSA) is 72.5 Å². The van der Waals surface area contributed by atoms with E-state index in [0.717, 1.165) is 0 Å². The van der Waals surface area contributed by atoms with E-state index in [1.54, 1.807) is 54.7 Å². The molecule has 1 heterocycles. The summed E-state index contributed by atoms with van der Waals surface area (Å²) in [6.07, 6.45) is 1.57. The summed E-state index contributed by atoms with van der Waals surface area (Å²) < 4.78 is 24.0. The molecule has 0 aliphatic rings. The van der Waals surface area contributed by atoms with Gasteiger partial charge in [-0.25, -0.2) is 9.37 Å². The highest BCUT2D eigenvalue weighted by molar-refractivity contribution is 6.04.